The smallest absolute Gasteiger partial charge is 0.200 e. The predicted octanol–water partition coefficient (Wildman–Crippen LogP) is 1.23. The Morgan fingerprint density at radius 3 is 2.33 bits per heavy atom. The van der Waals surface area contributed by atoms with Crippen LogP contribution in [0.5, 0.6) is 0 Å². The van der Waals surface area contributed by atoms with Crippen LogP contribution in [-0.2, 0) is 9.84 Å². The number of hydrogen-bond acceptors (Lipinski definition) is 4. The Morgan fingerprint density at radius 2 is 1.83 bits per heavy atom. The summed E-state index contributed by atoms with van der Waals surface area (Å²) < 4.78 is 25.0. The zero-order chi connectivity index (χ0) is 13.4. The molecule has 0 saturated heterocycles. The highest BCUT2D eigenvalue weighted by atomic mass is 32.2. The third-order valence-electron chi connectivity index (χ3n) is 3.05. The van der Waals surface area contributed by atoms with Crippen LogP contribution >= 0.6 is 0 Å². The monoisotopic (exact) mass is 264 g/mol. The molecule has 2 rings (SSSR count). The molecule has 1 atom stereocenters. The second-order valence-electron chi connectivity index (χ2n) is 4.51. The summed E-state index contributed by atoms with van der Waals surface area (Å²) in [6.07, 6.45) is 4.81. The van der Waals surface area contributed by atoms with Gasteiger partial charge in [0.25, 0.3) is 0 Å². The minimum absolute atomic E-state index is 0.186. The van der Waals surface area contributed by atoms with Gasteiger partial charge in [-0.2, -0.15) is 0 Å². The lowest BCUT2D eigenvalue weighted by Gasteiger charge is -2.27. The fourth-order valence-corrected chi connectivity index (χ4v) is 3.27. The summed E-state index contributed by atoms with van der Waals surface area (Å²) in [4.78, 5) is -1.18. The molecule has 1 aromatic rings. The van der Waals surface area contributed by atoms with Gasteiger partial charge in [-0.05, 0) is 31.2 Å². The summed E-state index contributed by atoms with van der Waals surface area (Å²) in [5, 5.41) is 0. The maximum absolute atomic E-state index is 12.5. The van der Waals surface area contributed by atoms with Gasteiger partial charge in [0.2, 0.25) is 9.84 Å². The molecule has 1 aliphatic carbocycles. The zero-order valence-corrected chi connectivity index (χ0v) is 10.9. The van der Waals surface area contributed by atoms with E-state index in [0.717, 1.165) is 5.56 Å². The second-order valence-corrected chi connectivity index (χ2v) is 6.75. The molecule has 1 unspecified atom stereocenters. The molecule has 0 bridgehead atoms. The maximum atomic E-state index is 12.5. The van der Waals surface area contributed by atoms with Crippen LogP contribution in [0, 0.1) is 6.92 Å². The van der Waals surface area contributed by atoms with Gasteiger partial charge < -0.3 is 11.5 Å². The van der Waals surface area contributed by atoms with Crippen molar-refractivity contribution in [1.29, 1.82) is 0 Å². The normalized spacial score (nSPS) is 23.8. The van der Waals surface area contributed by atoms with Crippen LogP contribution < -0.4 is 11.5 Å². The summed E-state index contributed by atoms with van der Waals surface area (Å²) in [5.74, 6) is 0. The summed E-state index contributed by atoms with van der Waals surface area (Å²) in [5.41, 5.74) is 13.1. The molecule has 0 aromatic heterocycles. The average Bonchev–Trinajstić information content (AvgIpc) is 2.33. The standard InChI is InChI=1S/C13H16N2O2S/c1-10-2-4-12(5-3-10)18(16,17)13(15)8-6-11(14)7-9-13/h2-8H,9,14-15H2,1H3. The van der Waals surface area contributed by atoms with Gasteiger partial charge in [0.05, 0.1) is 4.90 Å². The van der Waals surface area contributed by atoms with E-state index in [0.29, 0.717) is 5.70 Å². The van der Waals surface area contributed by atoms with E-state index in [1.165, 1.54) is 12.2 Å². The Bertz CT molecular complexity index is 615. The van der Waals surface area contributed by atoms with Gasteiger partial charge in [-0.1, -0.05) is 23.8 Å². The van der Waals surface area contributed by atoms with Crippen LogP contribution in [0.3, 0.4) is 0 Å². The Labute approximate surface area is 107 Å². The SMILES string of the molecule is Cc1ccc(S(=O)(=O)C2(N)C=CC(N)=CC2)cc1. The van der Waals surface area contributed by atoms with Crippen LogP contribution in [0.2, 0.25) is 0 Å². The van der Waals surface area contributed by atoms with E-state index in [-0.39, 0.29) is 11.3 Å². The molecular weight excluding hydrogens is 248 g/mol. The number of hydrogen-bond donors (Lipinski definition) is 2. The summed E-state index contributed by atoms with van der Waals surface area (Å²) in [6.45, 7) is 1.90. The quantitative estimate of drug-likeness (QED) is 0.841. The minimum Gasteiger partial charge on any atom is -0.399 e. The van der Waals surface area contributed by atoms with Crippen molar-refractivity contribution < 1.29 is 8.42 Å². The van der Waals surface area contributed by atoms with Gasteiger partial charge in [0.1, 0.15) is 4.87 Å². The molecule has 18 heavy (non-hydrogen) atoms. The van der Waals surface area contributed by atoms with Crippen molar-refractivity contribution >= 4 is 9.84 Å². The number of benzene rings is 1. The number of nitrogens with two attached hydrogens (primary N) is 2. The first-order valence-corrected chi connectivity index (χ1v) is 7.08. The molecule has 1 aliphatic rings. The lowest BCUT2D eigenvalue weighted by atomic mass is 10.1. The van der Waals surface area contributed by atoms with E-state index in [9.17, 15) is 8.42 Å². The third kappa shape index (κ3) is 2.07. The topological polar surface area (TPSA) is 86.2 Å². The van der Waals surface area contributed by atoms with Crippen LogP contribution in [0.15, 0.2) is 53.1 Å². The fourth-order valence-electron chi connectivity index (χ4n) is 1.79. The first-order chi connectivity index (χ1) is 8.35. The van der Waals surface area contributed by atoms with E-state index in [1.807, 2.05) is 6.92 Å². The highest BCUT2D eigenvalue weighted by Crippen LogP contribution is 2.29. The first kappa shape index (κ1) is 12.9. The van der Waals surface area contributed by atoms with E-state index in [1.54, 1.807) is 30.3 Å². The molecule has 0 spiro atoms. The van der Waals surface area contributed by atoms with E-state index >= 15 is 0 Å². The van der Waals surface area contributed by atoms with Gasteiger partial charge in [-0.15, -0.1) is 0 Å². The molecule has 0 amide bonds. The summed E-state index contributed by atoms with van der Waals surface area (Å²) in [7, 11) is -3.61. The van der Waals surface area contributed by atoms with Gasteiger partial charge in [0.15, 0.2) is 0 Å². The molecule has 4 N–H and O–H groups in total. The van der Waals surface area contributed by atoms with Crippen LogP contribution in [-0.4, -0.2) is 13.3 Å². The van der Waals surface area contributed by atoms with Gasteiger partial charge in [-0.3, -0.25) is 0 Å². The Balaban J connectivity index is 2.44. The highest BCUT2D eigenvalue weighted by Gasteiger charge is 2.39. The van der Waals surface area contributed by atoms with Crippen molar-refractivity contribution in [2.45, 2.75) is 23.1 Å². The van der Waals surface area contributed by atoms with E-state index in [2.05, 4.69) is 0 Å². The number of rotatable bonds is 2. The molecular formula is C13H16N2O2S. The number of sulfone groups is 1. The Kier molecular flexibility index (Phi) is 3.04. The molecule has 0 fully saturated rings. The van der Waals surface area contributed by atoms with E-state index in [4.69, 9.17) is 11.5 Å². The lowest BCUT2D eigenvalue weighted by Crippen LogP contribution is -2.46. The summed E-state index contributed by atoms with van der Waals surface area (Å²) in [6, 6.07) is 6.67. The molecule has 1 aromatic carbocycles. The summed E-state index contributed by atoms with van der Waals surface area (Å²) >= 11 is 0. The van der Waals surface area contributed by atoms with Crippen molar-refractivity contribution in [3.05, 3.63) is 53.8 Å². The average molecular weight is 264 g/mol. The van der Waals surface area contributed by atoms with Crippen molar-refractivity contribution in [2.75, 3.05) is 0 Å². The molecule has 0 heterocycles. The molecule has 0 saturated carbocycles. The number of allylic oxidation sites excluding steroid dienone is 1. The van der Waals surface area contributed by atoms with Gasteiger partial charge in [-0.25, -0.2) is 8.42 Å². The predicted molar refractivity (Wildman–Crippen MR) is 71.3 cm³/mol. The molecule has 96 valence electrons. The molecule has 0 aliphatic heterocycles. The Hall–Kier alpha value is -1.59. The van der Waals surface area contributed by atoms with Crippen LogP contribution in [0.1, 0.15) is 12.0 Å². The first-order valence-electron chi connectivity index (χ1n) is 5.60. The fraction of sp³-hybridized carbons (Fsp3) is 0.231. The van der Waals surface area contributed by atoms with Gasteiger partial charge >= 0.3 is 0 Å². The van der Waals surface area contributed by atoms with Crippen molar-refractivity contribution in [2.24, 2.45) is 11.5 Å². The molecule has 0 radical (unpaired) electrons. The second kappa shape index (κ2) is 4.26. The maximum Gasteiger partial charge on any atom is 0.200 e. The largest absolute Gasteiger partial charge is 0.399 e. The molecule has 5 heteroatoms. The zero-order valence-electron chi connectivity index (χ0n) is 10.1. The third-order valence-corrected chi connectivity index (χ3v) is 5.24. The number of aryl methyl sites for hydroxylation is 1. The van der Waals surface area contributed by atoms with Crippen molar-refractivity contribution in [1.82, 2.24) is 0 Å². The van der Waals surface area contributed by atoms with Crippen LogP contribution in [0.4, 0.5) is 0 Å². The van der Waals surface area contributed by atoms with Crippen molar-refractivity contribution in [3.8, 4) is 0 Å². The van der Waals surface area contributed by atoms with Crippen molar-refractivity contribution in [3.63, 3.8) is 0 Å². The highest BCUT2D eigenvalue weighted by molar-refractivity contribution is 7.93. The Morgan fingerprint density at radius 1 is 1.22 bits per heavy atom. The van der Waals surface area contributed by atoms with Crippen LogP contribution in [0.25, 0.3) is 0 Å². The lowest BCUT2D eigenvalue weighted by molar-refractivity contribution is 0.555. The van der Waals surface area contributed by atoms with Gasteiger partial charge in [0, 0.05) is 12.1 Å². The minimum atomic E-state index is -3.61. The molecule has 4 nitrogen and oxygen atoms in total. The van der Waals surface area contributed by atoms with E-state index < -0.39 is 14.7 Å².